The van der Waals surface area contributed by atoms with Gasteiger partial charge in [-0.3, -0.25) is 0 Å². The largest absolute Gasteiger partial charge is 0.465 e. The van der Waals surface area contributed by atoms with Gasteiger partial charge in [0.05, 0.1) is 12.7 Å². The first kappa shape index (κ1) is 15.3. The Balaban J connectivity index is 1.97. The second-order valence-corrected chi connectivity index (χ2v) is 5.15. The van der Waals surface area contributed by atoms with Crippen LogP contribution in [0.5, 0.6) is 0 Å². The second-order valence-electron chi connectivity index (χ2n) is 5.15. The molecule has 1 atom stereocenters. The summed E-state index contributed by atoms with van der Waals surface area (Å²) in [5.74, 6) is -0.303. The number of methoxy groups -OCH3 is 1. The Morgan fingerprint density at radius 3 is 2.43 bits per heavy atom. The fourth-order valence-electron chi connectivity index (χ4n) is 2.33. The highest BCUT2D eigenvalue weighted by Gasteiger charge is 2.08. The molecule has 110 valence electrons. The maximum absolute atomic E-state index is 11.4. The van der Waals surface area contributed by atoms with E-state index in [-0.39, 0.29) is 12.0 Å². The zero-order valence-corrected chi connectivity index (χ0v) is 12.7. The van der Waals surface area contributed by atoms with E-state index >= 15 is 0 Å². The number of benzene rings is 2. The molecule has 0 aromatic heterocycles. The third-order valence-corrected chi connectivity index (χ3v) is 3.64. The summed E-state index contributed by atoms with van der Waals surface area (Å²) in [6.45, 7) is 5.04. The van der Waals surface area contributed by atoms with E-state index in [0.29, 0.717) is 5.56 Å². The van der Waals surface area contributed by atoms with Crippen LogP contribution in [0.3, 0.4) is 0 Å². The van der Waals surface area contributed by atoms with Crippen LogP contribution in [-0.2, 0) is 11.3 Å². The van der Waals surface area contributed by atoms with Gasteiger partial charge in [-0.05, 0) is 42.7 Å². The summed E-state index contributed by atoms with van der Waals surface area (Å²) in [5, 5.41) is 3.50. The Bertz CT molecular complexity index is 605. The second kappa shape index (κ2) is 7.04. The molecule has 1 N–H and O–H groups in total. The molecule has 0 heterocycles. The first-order valence-corrected chi connectivity index (χ1v) is 7.08. The molecule has 0 saturated heterocycles. The van der Waals surface area contributed by atoms with Crippen LogP contribution >= 0.6 is 0 Å². The molecule has 0 spiro atoms. The van der Waals surface area contributed by atoms with Gasteiger partial charge in [0.1, 0.15) is 0 Å². The molecule has 0 bridgehead atoms. The van der Waals surface area contributed by atoms with Crippen LogP contribution in [0.15, 0.2) is 48.5 Å². The number of hydrogen-bond acceptors (Lipinski definition) is 3. The van der Waals surface area contributed by atoms with Crippen molar-refractivity contribution in [1.29, 1.82) is 0 Å². The first-order valence-electron chi connectivity index (χ1n) is 7.08. The predicted octanol–water partition coefficient (Wildman–Crippen LogP) is 3.63. The number of ether oxygens (including phenoxy) is 1. The van der Waals surface area contributed by atoms with Crippen molar-refractivity contribution in [2.45, 2.75) is 26.4 Å². The summed E-state index contributed by atoms with van der Waals surface area (Å²) in [6, 6.07) is 16.1. The summed E-state index contributed by atoms with van der Waals surface area (Å²) in [7, 11) is 1.39. The molecule has 2 aromatic rings. The maximum atomic E-state index is 11.4. The minimum absolute atomic E-state index is 0.284. The fraction of sp³-hybridized carbons (Fsp3) is 0.278. The average Bonchev–Trinajstić information content (AvgIpc) is 2.52. The normalized spacial score (nSPS) is 12.0. The van der Waals surface area contributed by atoms with Crippen LogP contribution in [0.25, 0.3) is 0 Å². The van der Waals surface area contributed by atoms with Crippen LogP contribution < -0.4 is 5.32 Å². The van der Waals surface area contributed by atoms with Crippen LogP contribution in [-0.4, -0.2) is 13.1 Å². The quantitative estimate of drug-likeness (QED) is 0.852. The zero-order chi connectivity index (χ0) is 15.2. The molecule has 0 aliphatic heterocycles. The Morgan fingerprint density at radius 2 is 1.81 bits per heavy atom. The van der Waals surface area contributed by atoms with Crippen molar-refractivity contribution in [3.63, 3.8) is 0 Å². The standard InChI is InChI=1S/C18H21NO2/c1-13-6-4-5-7-17(13)14(2)19-12-15-8-10-16(11-9-15)18(20)21-3/h4-11,14,19H,12H2,1-3H3/t14-/m0/s1. The minimum atomic E-state index is -0.303. The third-order valence-electron chi connectivity index (χ3n) is 3.64. The van der Waals surface area contributed by atoms with Crippen molar-refractivity contribution in [1.82, 2.24) is 5.32 Å². The molecule has 2 rings (SSSR count). The highest BCUT2D eigenvalue weighted by atomic mass is 16.5. The van der Waals surface area contributed by atoms with E-state index in [2.05, 4.69) is 43.4 Å². The number of carbonyl (C=O) groups is 1. The van der Waals surface area contributed by atoms with E-state index in [1.54, 1.807) is 12.1 Å². The van der Waals surface area contributed by atoms with Gasteiger partial charge in [-0.1, -0.05) is 36.4 Å². The lowest BCUT2D eigenvalue weighted by Gasteiger charge is -2.16. The van der Waals surface area contributed by atoms with E-state index in [0.717, 1.165) is 12.1 Å². The molecule has 0 radical (unpaired) electrons. The van der Waals surface area contributed by atoms with E-state index in [1.807, 2.05) is 12.1 Å². The molecule has 3 nitrogen and oxygen atoms in total. The summed E-state index contributed by atoms with van der Waals surface area (Å²) in [4.78, 5) is 11.4. The van der Waals surface area contributed by atoms with Gasteiger partial charge in [0.2, 0.25) is 0 Å². The number of esters is 1. The van der Waals surface area contributed by atoms with Gasteiger partial charge in [0.15, 0.2) is 0 Å². The Labute approximate surface area is 126 Å². The van der Waals surface area contributed by atoms with Gasteiger partial charge >= 0.3 is 5.97 Å². The van der Waals surface area contributed by atoms with Gasteiger partial charge in [0.25, 0.3) is 0 Å². The van der Waals surface area contributed by atoms with Crippen molar-refractivity contribution >= 4 is 5.97 Å². The van der Waals surface area contributed by atoms with E-state index in [1.165, 1.54) is 18.2 Å². The zero-order valence-electron chi connectivity index (χ0n) is 12.7. The molecule has 3 heteroatoms. The van der Waals surface area contributed by atoms with Crippen LogP contribution in [0.2, 0.25) is 0 Å². The molecule has 0 aliphatic carbocycles. The maximum Gasteiger partial charge on any atom is 0.337 e. The lowest BCUT2D eigenvalue weighted by molar-refractivity contribution is 0.0600. The van der Waals surface area contributed by atoms with Crippen LogP contribution in [0, 0.1) is 6.92 Å². The average molecular weight is 283 g/mol. The summed E-state index contributed by atoms with van der Waals surface area (Å²) in [6.07, 6.45) is 0. The number of nitrogens with one attached hydrogen (secondary N) is 1. The van der Waals surface area contributed by atoms with Crippen molar-refractivity contribution in [3.05, 3.63) is 70.8 Å². The molecule has 21 heavy (non-hydrogen) atoms. The molecule has 0 saturated carbocycles. The number of carbonyl (C=O) groups excluding carboxylic acids is 1. The van der Waals surface area contributed by atoms with Crippen molar-refractivity contribution in [3.8, 4) is 0 Å². The van der Waals surface area contributed by atoms with Crippen molar-refractivity contribution < 1.29 is 9.53 Å². The number of rotatable bonds is 5. The van der Waals surface area contributed by atoms with Gasteiger partial charge < -0.3 is 10.1 Å². The molecule has 0 aliphatic rings. The van der Waals surface area contributed by atoms with Crippen molar-refractivity contribution in [2.24, 2.45) is 0 Å². The van der Waals surface area contributed by atoms with E-state index in [9.17, 15) is 4.79 Å². The van der Waals surface area contributed by atoms with Gasteiger partial charge in [-0.15, -0.1) is 0 Å². The molecule has 2 aromatic carbocycles. The molecule has 0 unspecified atom stereocenters. The molecular weight excluding hydrogens is 262 g/mol. The Hall–Kier alpha value is -2.13. The van der Waals surface area contributed by atoms with Gasteiger partial charge in [0, 0.05) is 12.6 Å². The summed E-state index contributed by atoms with van der Waals surface area (Å²) < 4.78 is 4.69. The Kier molecular flexibility index (Phi) is 5.12. The highest BCUT2D eigenvalue weighted by molar-refractivity contribution is 5.89. The van der Waals surface area contributed by atoms with Gasteiger partial charge in [-0.2, -0.15) is 0 Å². The molecular formula is C18H21NO2. The van der Waals surface area contributed by atoms with Gasteiger partial charge in [-0.25, -0.2) is 4.79 Å². The highest BCUT2D eigenvalue weighted by Crippen LogP contribution is 2.17. The molecule has 0 fully saturated rings. The number of aryl methyl sites for hydroxylation is 1. The first-order chi connectivity index (χ1) is 10.1. The third kappa shape index (κ3) is 3.92. The van der Waals surface area contributed by atoms with Crippen LogP contribution in [0.1, 0.15) is 40.0 Å². The summed E-state index contributed by atoms with van der Waals surface area (Å²) >= 11 is 0. The predicted molar refractivity (Wildman–Crippen MR) is 84.2 cm³/mol. The molecule has 0 amide bonds. The monoisotopic (exact) mass is 283 g/mol. The smallest absolute Gasteiger partial charge is 0.337 e. The Morgan fingerprint density at radius 1 is 1.14 bits per heavy atom. The van der Waals surface area contributed by atoms with Crippen LogP contribution in [0.4, 0.5) is 0 Å². The SMILES string of the molecule is COC(=O)c1ccc(CN[C@@H](C)c2ccccc2C)cc1. The van der Waals surface area contributed by atoms with E-state index < -0.39 is 0 Å². The minimum Gasteiger partial charge on any atom is -0.465 e. The van der Waals surface area contributed by atoms with E-state index in [4.69, 9.17) is 4.74 Å². The lowest BCUT2D eigenvalue weighted by Crippen LogP contribution is -2.18. The summed E-state index contributed by atoms with van der Waals surface area (Å²) in [5.41, 5.74) is 4.32. The fourth-order valence-corrected chi connectivity index (χ4v) is 2.33. The topological polar surface area (TPSA) is 38.3 Å². The van der Waals surface area contributed by atoms with Crippen molar-refractivity contribution in [2.75, 3.05) is 7.11 Å². The number of hydrogen-bond donors (Lipinski definition) is 1. The lowest BCUT2D eigenvalue weighted by atomic mass is 10.0.